The summed E-state index contributed by atoms with van der Waals surface area (Å²) in [5.41, 5.74) is 14.6. The van der Waals surface area contributed by atoms with Gasteiger partial charge in [-0.3, -0.25) is 4.79 Å². The van der Waals surface area contributed by atoms with Gasteiger partial charge in [0.15, 0.2) is 5.78 Å². The maximum atomic E-state index is 12.6. The van der Waals surface area contributed by atoms with E-state index in [9.17, 15) is 4.79 Å². The number of rotatable bonds is 2. The summed E-state index contributed by atoms with van der Waals surface area (Å²) in [5, 5.41) is 9.65. The molecular weight excluding hydrogens is 264 g/mol. The highest BCUT2D eigenvalue weighted by Gasteiger charge is 2.16. The van der Waals surface area contributed by atoms with Gasteiger partial charge < -0.3 is 16.5 Å². The number of hydrogen-bond acceptors (Lipinski definition) is 4. The number of fused-ring (bicyclic) bond motifs is 1. The van der Waals surface area contributed by atoms with Crippen molar-refractivity contribution in [2.75, 3.05) is 11.5 Å². The van der Waals surface area contributed by atoms with Gasteiger partial charge in [-0.1, -0.05) is 6.07 Å². The Hall–Kier alpha value is -3.26. The van der Waals surface area contributed by atoms with Crippen molar-refractivity contribution in [1.82, 2.24) is 4.98 Å². The van der Waals surface area contributed by atoms with Crippen molar-refractivity contribution in [3.8, 4) is 6.07 Å². The Morgan fingerprint density at radius 1 is 1.10 bits per heavy atom. The van der Waals surface area contributed by atoms with Crippen LogP contribution in [0.5, 0.6) is 0 Å². The number of nitrogens with two attached hydrogens (primary N) is 2. The summed E-state index contributed by atoms with van der Waals surface area (Å²) in [5.74, 6) is -0.177. The number of nitrogen functional groups attached to an aromatic ring is 2. The lowest BCUT2D eigenvalue weighted by Gasteiger charge is -2.05. The summed E-state index contributed by atoms with van der Waals surface area (Å²) in [4.78, 5) is 15.6. The van der Waals surface area contributed by atoms with E-state index in [0.717, 1.165) is 10.9 Å². The van der Waals surface area contributed by atoms with Crippen LogP contribution in [0, 0.1) is 11.3 Å². The molecule has 0 radical (unpaired) electrons. The van der Waals surface area contributed by atoms with Gasteiger partial charge in [-0.25, -0.2) is 0 Å². The number of anilines is 2. The molecule has 0 aliphatic carbocycles. The molecule has 0 fully saturated rings. The number of benzene rings is 2. The van der Waals surface area contributed by atoms with Gasteiger partial charge in [-0.2, -0.15) is 5.26 Å². The number of nitrogens with zero attached hydrogens (tertiary/aromatic N) is 1. The van der Waals surface area contributed by atoms with Crippen molar-refractivity contribution >= 4 is 28.1 Å². The van der Waals surface area contributed by atoms with Crippen LogP contribution in [-0.2, 0) is 0 Å². The number of nitrogens with one attached hydrogen (secondary N) is 1. The summed E-state index contributed by atoms with van der Waals surface area (Å²) in [6, 6.07) is 12.0. The molecule has 1 heterocycles. The van der Waals surface area contributed by atoms with Crippen LogP contribution in [0.1, 0.15) is 21.5 Å². The molecular formula is C16H12N4O. The zero-order valence-corrected chi connectivity index (χ0v) is 11.1. The van der Waals surface area contributed by atoms with E-state index in [-0.39, 0.29) is 5.78 Å². The molecule has 0 atom stereocenters. The van der Waals surface area contributed by atoms with Crippen LogP contribution in [0.3, 0.4) is 0 Å². The summed E-state index contributed by atoms with van der Waals surface area (Å²) in [7, 11) is 0. The molecule has 0 aliphatic heterocycles. The van der Waals surface area contributed by atoms with Crippen molar-refractivity contribution in [2.45, 2.75) is 0 Å². The van der Waals surface area contributed by atoms with Gasteiger partial charge in [0.2, 0.25) is 0 Å². The number of H-pyrrole nitrogens is 1. The van der Waals surface area contributed by atoms with Gasteiger partial charge in [0.05, 0.1) is 11.6 Å². The molecule has 0 unspecified atom stereocenters. The molecule has 5 nitrogen and oxygen atoms in total. The number of aromatic amines is 1. The van der Waals surface area contributed by atoms with E-state index in [4.69, 9.17) is 16.7 Å². The van der Waals surface area contributed by atoms with E-state index < -0.39 is 0 Å². The Labute approximate surface area is 120 Å². The Bertz CT molecular complexity index is 902. The van der Waals surface area contributed by atoms with E-state index in [0.29, 0.717) is 28.1 Å². The molecule has 0 amide bonds. The van der Waals surface area contributed by atoms with Gasteiger partial charge in [0.1, 0.15) is 0 Å². The van der Waals surface area contributed by atoms with Crippen LogP contribution in [0.15, 0.2) is 42.6 Å². The third-order valence-electron chi connectivity index (χ3n) is 3.38. The van der Waals surface area contributed by atoms with Gasteiger partial charge in [-0.15, -0.1) is 0 Å². The fourth-order valence-corrected chi connectivity index (χ4v) is 2.32. The second-order valence-corrected chi connectivity index (χ2v) is 4.75. The lowest BCUT2D eigenvalue weighted by molar-refractivity contribution is 0.104. The predicted molar refractivity (Wildman–Crippen MR) is 81.7 cm³/mol. The molecule has 2 aromatic carbocycles. The number of aromatic nitrogens is 1. The van der Waals surface area contributed by atoms with Crippen LogP contribution < -0.4 is 11.5 Å². The highest BCUT2D eigenvalue weighted by molar-refractivity contribution is 6.18. The zero-order chi connectivity index (χ0) is 15.0. The number of carbonyl (C=O) groups is 1. The predicted octanol–water partition coefficient (Wildman–Crippen LogP) is 2.43. The summed E-state index contributed by atoms with van der Waals surface area (Å²) < 4.78 is 0. The Balaban J connectivity index is 2.12. The second-order valence-electron chi connectivity index (χ2n) is 4.75. The highest BCUT2D eigenvalue weighted by Crippen LogP contribution is 2.25. The summed E-state index contributed by atoms with van der Waals surface area (Å²) in [6.07, 6.45) is 1.63. The highest BCUT2D eigenvalue weighted by atomic mass is 16.1. The lowest BCUT2D eigenvalue weighted by Crippen LogP contribution is -2.05. The van der Waals surface area contributed by atoms with Crippen molar-refractivity contribution < 1.29 is 4.79 Å². The molecule has 1 aromatic heterocycles. The maximum absolute atomic E-state index is 12.6. The first kappa shape index (κ1) is 12.8. The fourth-order valence-electron chi connectivity index (χ4n) is 2.32. The number of carbonyl (C=O) groups excluding carboxylic acids is 1. The van der Waals surface area contributed by atoms with Crippen LogP contribution >= 0.6 is 0 Å². The van der Waals surface area contributed by atoms with Crippen LogP contribution in [0.2, 0.25) is 0 Å². The van der Waals surface area contributed by atoms with Crippen molar-refractivity contribution in [2.24, 2.45) is 0 Å². The average Bonchev–Trinajstić information content (AvgIpc) is 2.89. The average molecular weight is 276 g/mol. The van der Waals surface area contributed by atoms with E-state index in [1.165, 1.54) is 0 Å². The smallest absolute Gasteiger partial charge is 0.197 e. The van der Waals surface area contributed by atoms with E-state index in [1.54, 1.807) is 42.6 Å². The third-order valence-corrected chi connectivity index (χ3v) is 3.38. The Morgan fingerprint density at radius 2 is 1.90 bits per heavy atom. The first-order valence-electron chi connectivity index (χ1n) is 6.31. The number of nitriles is 1. The van der Waals surface area contributed by atoms with Crippen LogP contribution in [-0.4, -0.2) is 10.8 Å². The number of hydrogen-bond donors (Lipinski definition) is 3. The Kier molecular flexibility index (Phi) is 2.85. The first-order chi connectivity index (χ1) is 10.1. The van der Waals surface area contributed by atoms with Gasteiger partial charge in [0, 0.05) is 39.6 Å². The molecule has 3 rings (SSSR count). The molecule has 0 spiro atoms. The normalized spacial score (nSPS) is 10.4. The minimum absolute atomic E-state index is 0.177. The SMILES string of the molecule is N#Cc1ccc2c(C(=O)c3ccc(N)cc3N)c[nH]c2c1. The van der Waals surface area contributed by atoms with Gasteiger partial charge in [0.25, 0.3) is 0 Å². The molecule has 3 aromatic rings. The van der Waals surface area contributed by atoms with E-state index in [1.807, 2.05) is 0 Å². The monoisotopic (exact) mass is 276 g/mol. The zero-order valence-electron chi connectivity index (χ0n) is 11.1. The van der Waals surface area contributed by atoms with E-state index in [2.05, 4.69) is 11.1 Å². The standard InChI is InChI=1S/C16H12N4O/c17-7-9-1-3-11-13(8-20-15(11)5-9)16(21)12-4-2-10(18)6-14(12)19/h1-6,8,20H,18-19H2. The van der Waals surface area contributed by atoms with Crippen molar-refractivity contribution in [3.05, 3.63) is 59.3 Å². The molecule has 5 heteroatoms. The molecule has 0 aliphatic rings. The van der Waals surface area contributed by atoms with Crippen LogP contribution in [0.25, 0.3) is 10.9 Å². The lowest BCUT2D eigenvalue weighted by atomic mass is 10.0. The van der Waals surface area contributed by atoms with Gasteiger partial charge in [-0.05, 0) is 30.3 Å². The van der Waals surface area contributed by atoms with E-state index >= 15 is 0 Å². The van der Waals surface area contributed by atoms with Crippen molar-refractivity contribution in [1.29, 1.82) is 5.26 Å². The largest absolute Gasteiger partial charge is 0.399 e. The Morgan fingerprint density at radius 3 is 2.62 bits per heavy atom. The van der Waals surface area contributed by atoms with Crippen LogP contribution in [0.4, 0.5) is 11.4 Å². The quantitative estimate of drug-likeness (QED) is 0.493. The minimum atomic E-state index is -0.177. The number of ketones is 1. The second kappa shape index (κ2) is 4.69. The topological polar surface area (TPSA) is 109 Å². The summed E-state index contributed by atoms with van der Waals surface area (Å²) >= 11 is 0. The summed E-state index contributed by atoms with van der Waals surface area (Å²) in [6.45, 7) is 0. The molecule has 102 valence electrons. The first-order valence-corrected chi connectivity index (χ1v) is 6.31. The van der Waals surface area contributed by atoms with Gasteiger partial charge >= 0.3 is 0 Å². The molecule has 0 saturated heterocycles. The minimum Gasteiger partial charge on any atom is -0.399 e. The third kappa shape index (κ3) is 2.09. The fraction of sp³-hybridized carbons (Fsp3) is 0. The molecule has 0 saturated carbocycles. The van der Waals surface area contributed by atoms with Crippen molar-refractivity contribution in [3.63, 3.8) is 0 Å². The molecule has 21 heavy (non-hydrogen) atoms. The molecule has 5 N–H and O–H groups in total. The maximum Gasteiger partial charge on any atom is 0.197 e. The molecule has 0 bridgehead atoms.